The Kier molecular flexibility index (Phi) is 6.86. The maximum absolute atomic E-state index is 11.4. The molecule has 3 saturated heterocycles. The molecule has 3 fully saturated rings. The first kappa shape index (κ1) is 31.2. The highest BCUT2D eigenvalue weighted by molar-refractivity contribution is 7.16. The SMILES string of the molecule is CNc1sc2c(c1C#N)[C@@]1(CCC2)CCCc2c(-c3nc4c5c(nn([C@@H](C)C67CCCN6CCC7)c5n3)CC[C@H]3CC[C@@](C)(O)CN43)noc21. The molecular weight excluding hydrogens is 647 g/mol. The lowest BCUT2D eigenvalue weighted by Gasteiger charge is -2.43. The summed E-state index contributed by atoms with van der Waals surface area (Å²) in [6, 6.07) is 3.01. The van der Waals surface area contributed by atoms with Crippen molar-refractivity contribution in [1.82, 2.24) is 29.8 Å². The summed E-state index contributed by atoms with van der Waals surface area (Å²) < 4.78 is 8.73. The fourth-order valence-electron chi connectivity index (χ4n) is 11.3. The molecule has 8 heterocycles. The Balaban J connectivity index is 1.17. The van der Waals surface area contributed by atoms with Crippen molar-refractivity contribution in [3.63, 3.8) is 0 Å². The van der Waals surface area contributed by atoms with E-state index in [2.05, 4.69) is 32.8 Å². The molecule has 2 aliphatic carbocycles. The molecular formula is C38H47N9O2S. The zero-order valence-electron chi connectivity index (χ0n) is 29.5. The third-order valence-corrected chi connectivity index (χ3v) is 14.9. The van der Waals surface area contributed by atoms with E-state index in [1.807, 2.05) is 14.0 Å². The van der Waals surface area contributed by atoms with Gasteiger partial charge in [0.25, 0.3) is 0 Å². The van der Waals surface area contributed by atoms with Crippen LogP contribution in [0.5, 0.6) is 0 Å². The molecule has 4 aliphatic heterocycles. The normalized spacial score (nSPS) is 28.9. The third-order valence-electron chi connectivity index (χ3n) is 13.7. The van der Waals surface area contributed by atoms with Crippen molar-refractivity contribution < 1.29 is 9.63 Å². The molecule has 4 atom stereocenters. The predicted octanol–water partition coefficient (Wildman–Crippen LogP) is 6.27. The molecule has 10 rings (SSSR count). The van der Waals surface area contributed by atoms with Crippen molar-refractivity contribution in [1.29, 1.82) is 5.26 Å². The number of piperidine rings is 1. The van der Waals surface area contributed by atoms with Crippen LogP contribution in [0.3, 0.4) is 0 Å². The van der Waals surface area contributed by atoms with Crippen molar-refractivity contribution in [3.05, 3.63) is 33.0 Å². The van der Waals surface area contributed by atoms with Gasteiger partial charge in [-0.1, -0.05) is 5.16 Å². The molecule has 50 heavy (non-hydrogen) atoms. The van der Waals surface area contributed by atoms with Gasteiger partial charge in [-0.2, -0.15) is 10.4 Å². The van der Waals surface area contributed by atoms with E-state index in [4.69, 9.17) is 24.7 Å². The minimum absolute atomic E-state index is 0.103. The van der Waals surface area contributed by atoms with Crippen molar-refractivity contribution in [2.24, 2.45) is 0 Å². The molecule has 1 spiro atoms. The topological polar surface area (TPSA) is 132 Å². The van der Waals surface area contributed by atoms with E-state index in [-0.39, 0.29) is 17.0 Å². The Morgan fingerprint density at radius 2 is 1.84 bits per heavy atom. The molecule has 4 aromatic heterocycles. The van der Waals surface area contributed by atoms with Gasteiger partial charge in [0.2, 0.25) is 0 Å². The zero-order valence-corrected chi connectivity index (χ0v) is 30.3. The zero-order chi connectivity index (χ0) is 34.0. The number of aliphatic hydroxyl groups is 1. The first-order valence-electron chi connectivity index (χ1n) is 19.0. The molecule has 0 saturated carbocycles. The summed E-state index contributed by atoms with van der Waals surface area (Å²) >= 11 is 1.72. The van der Waals surface area contributed by atoms with E-state index in [1.165, 1.54) is 30.6 Å². The van der Waals surface area contributed by atoms with Gasteiger partial charge in [0.05, 0.1) is 33.7 Å². The minimum atomic E-state index is -0.793. The standard InChI is InChI=1S/C38H47N9O2S/c1-22(38-15-6-18-45(38)19-7-16-38)47-34-28-26(43-47)11-10-23-12-17-36(2,48)21-46(23)33(28)41-32(42-34)30-24-8-4-13-37(31(24)49-44-30)14-5-9-27-29(37)25(20-39)35(40-3)50-27/h22-23,40,48H,4-19,21H2,1-3H3/t22-,23-,36+,37-/m0/s1. The third kappa shape index (κ3) is 4.20. The van der Waals surface area contributed by atoms with Crippen LogP contribution in [0.4, 0.5) is 10.8 Å². The van der Waals surface area contributed by atoms with Gasteiger partial charge in [0.1, 0.15) is 16.9 Å². The molecule has 0 unspecified atom stereocenters. The quantitative estimate of drug-likeness (QED) is 0.252. The highest BCUT2D eigenvalue weighted by Gasteiger charge is 2.51. The van der Waals surface area contributed by atoms with Gasteiger partial charge in [0, 0.05) is 35.6 Å². The summed E-state index contributed by atoms with van der Waals surface area (Å²) in [5.74, 6) is 2.38. The molecule has 6 aliphatic rings. The average molecular weight is 694 g/mol. The Morgan fingerprint density at radius 3 is 2.62 bits per heavy atom. The maximum Gasteiger partial charge on any atom is 0.186 e. The van der Waals surface area contributed by atoms with Crippen LogP contribution in [-0.4, -0.2) is 78.8 Å². The second-order valence-electron chi connectivity index (χ2n) is 16.4. The second-order valence-corrected chi connectivity index (χ2v) is 17.5. The van der Waals surface area contributed by atoms with Crippen molar-refractivity contribution in [2.75, 3.05) is 36.9 Å². The lowest BCUT2D eigenvalue weighted by atomic mass is 9.63. The fourth-order valence-corrected chi connectivity index (χ4v) is 12.6. The van der Waals surface area contributed by atoms with Gasteiger partial charge >= 0.3 is 0 Å². The van der Waals surface area contributed by atoms with Gasteiger partial charge in [0.15, 0.2) is 22.9 Å². The summed E-state index contributed by atoms with van der Waals surface area (Å²) in [7, 11) is 1.91. The number of thiophene rings is 1. The second kappa shape index (κ2) is 11.0. The highest BCUT2D eigenvalue weighted by atomic mass is 32.1. The van der Waals surface area contributed by atoms with E-state index in [1.54, 1.807) is 11.3 Å². The van der Waals surface area contributed by atoms with Crippen LogP contribution in [0, 0.1) is 11.3 Å². The smallest absolute Gasteiger partial charge is 0.186 e. The summed E-state index contributed by atoms with van der Waals surface area (Å²) in [5, 5.41) is 37.3. The van der Waals surface area contributed by atoms with Crippen LogP contribution >= 0.6 is 11.3 Å². The minimum Gasteiger partial charge on any atom is -0.388 e. The van der Waals surface area contributed by atoms with Gasteiger partial charge in [-0.05, 0) is 122 Å². The van der Waals surface area contributed by atoms with Gasteiger partial charge in [-0.25, -0.2) is 14.6 Å². The van der Waals surface area contributed by atoms with Crippen LogP contribution in [0.2, 0.25) is 0 Å². The van der Waals surface area contributed by atoms with Gasteiger partial charge in [-0.15, -0.1) is 11.3 Å². The van der Waals surface area contributed by atoms with Crippen LogP contribution < -0.4 is 10.2 Å². The Hall–Kier alpha value is -3.53. The molecule has 0 bridgehead atoms. The molecule has 0 aromatic carbocycles. The first-order chi connectivity index (χ1) is 24.3. The summed E-state index contributed by atoms with van der Waals surface area (Å²) in [6.07, 6.45) is 14.2. The number of fused-ring (bicyclic) bond motifs is 7. The van der Waals surface area contributed by atoms with Gasteiger partial charge in [-0.3, -0.25) is 4.90 Å². The molecule has 12 heteroatoms. The van der Waals surface area contributed by atoms with E-state index < -0.39 is 5.60 Å². The van der Waals surface area contributed by atoms with Crippen LogP contribution in [0.1, 0.15) is 124 Å². The molecule has 0 amide bonds. The van der Waals surface area contributed by atoms with Crippen molar-refractivity contribution in [2.45, 2.75) is 132 Å². The molecule has 0 radical (unpaired) electrons. The number of hydrogen-bond donors (Lipinski definition) is 2. The van der Waals surface area contributed by atoms with E-state index >= 15 is 0 Å². The van der Waals surface area contributed by atoms with Crippen LogP contribution in [0.25, 0.3) is 22.6 Å². The lowest BCUT2D eigenvalue weighted by molar-refractivity contribution is 0.0357. The Morgan fingerprint density at radius 1 is 1.04 bits per heavy atom. The Bertz CT molecular complexity index is 2060. The maximum atomic E-state index is 11.4. The largest absolute Gasteiger partial charge is 0.388 e. The highest BCUT2D eigenvalue weighted by Crippen LogP contribution is 2.56. The number of nitrogens with one attached hydrogen (secondary N) is 1. The van der Waals surface area contributed by atoms with Crippen molar-refractivity contribution >= 4 is 33.2 Å². The average Bonchev–Trinajstić information content (AvgIpc) is 3.93. The number of nitrogens with zero attached hydrogens (tertiary/aromatic N) is 8. The molecule has 2 N–H and O–H groups in total. The number of hydrogen-bond acceptors (Lipinski definition) is 11. The molecule has 11 nitrogen and oxygen atoms in total. The summed E-state index contributed by atoms with van der Waals surface area (Å²) in [6.45, 7) is 7.17. The van der Waals surface area contributed by atoms with Crippen LogP contribution in [-0.2, 0) is 24.7 Å². The van der Waals surface area contributed by atoms with E-state index in [9.17, 15) is 10.4 Å². The predicted molar refractivity (Wildman–Crippen MR) is 193 cm³/mol. The fraction of sp³-hybridized carbons (Fsp3) is 0.658. The van der Waals surface area contributed by atoms with E-state index in [0.29, 0.717) is 18.4 Å². The van der Waals surface area contributed by atoms with Gasteiger partial charge < -0.3 is 19.8 Å². The number of anilines is 2. The number of rotatable bonds is 4. The first-order valence-corrected chi connectivity index (χ1v) is 19.9. The summed E-state index contributed by atoms with van der Waals surface area (Å²) in [5.41, 5.74) is 4.63. The summed E-state index contributed by atoms with van der Waals surface area (Å²) in [4.78, 5) is 17.2. The number of aryl methyl sites for hydroxylation is 2. The van der Waals surface area contributed by atoms with E-state index in [0.717, 1.165) is 133 Å². The Labute approximate surface area is 297 Å². The van der Waals surface area contributed by atoms with Crippen molar-refractivity contribution in [3.8, 4) is 17.6 Å². The monoisotopic (exact) mass is 693 g/mol. The lowest BCUT2D eigenvalue weighted by Crippen LogP contribution is -2.51. The number of nitriles is 1. The molecule has 4 aromatic rings. The molecule has 262 valence electrons. The van der Waals surface area contributed by atoms with Crippen LogP contribution in [0.15, 0.2) is 4.52 Å². The number of aromatic nitrogens is 5.